The first-order chi connectivity index (χ1) is 15.5. The van der Waals surface area contributed by atoms with Gasteiger partial charge in [0.15, 0.2) is 0 Å². The highest BCUT2D eigenvalue weighted by atomic mass is 16.5. The summed E-state index contributed by atoms with van der Waals surface area (Å²) in [4.78, 5) is 34.7. The number of benzene rings is 1. The van der Waals surface area contributed by atoms with Gasteiger partial charge in [-0.1, -0.05) is 49.3 Å². The van der Waals surface area contributed by atoms with Gasteiger partial charge >= 0.3 is 0 Å². The number of rotatable bonds is 7. The van der Waals surface area contributed by atoms with Crippen LogP contribution in [-0.4, -0.2) is 47.3 Å². The number of hydrogen-bond donors (Lipinski definition) is 2. The molecule has 1 atom stereocenters. The summed E-state index contributed by atoms with van der Waals surface area (Å²) in [5.74, 6) is 0.467. The molecule has 32 heavy (non-hydrogen) atoms. The minimum atomic E-state index is -0.400. The van der Waals surface area contributed by atoms with Crippen LogP contribution in [0.25, 0.3) is 0 Å². The van der Waals surface area contributed by atoms with Crippen LogP contribution in [0.15, 0.2) is 51.8 Å². The topological polar surface area (TPSA) is 113 Å². The number of amides is 1. The minimum Gasteiger partial charge on any atom is -0.378 e. The Kier molecular flexibility index (Phi) is 6.65. The first kappa shape index (κ1) is 21.8. The quantitative estimate of drug-likeness (QED) is 0.584. The molecule has 1 aromatic carbocycles. The number of nitrogens with one attached hydrogen (secondary N) is 2. The summed E-state index contributed by atoms with van der Waals surface area (Å²) in [6.45, 7) is 6.47. The van der Waals surface area contributed by atoms with Gasteiger partial charge in [0, 0.05) is 31.6 Å². The van der Waals surface area contributed by atoms with Crippen LogP contribution in [0.3, 0.4) is 0 Å². The predicted molar refractivity (Wildman–Crippen MR) is 119 cm³/mol. The lowest BCUT2D eigenvalue weighted by molar-refractivity contribution is 0.0898. The summed E-state index contributed by atoms with van der Waals surface area (Å²) < 4.78 is 10.6. The average Bonchev–Trinajstić information content (AvgIpc) is 3.30. The summed E-state index contributed by atoms with van der Waals surface area (Å²) in [6.07, 6.45) is 0.349. The molecule has 9 nitrogen and oxygen atoms in total. The molecule has 3 aromatic rings. The molecule has 3 heterocycles. The molecule has 1 aliphatic heterocycles. The molecule has 0 saturated carbocycles. The van der Waals surface area contributed by atoms with Crippen molar-refractivity contribution in [1.29, 1.82) is 0 Å². The van der Waals surface area contributed by atoms with Gasteiger partial charge < -0.3 is 19.5 Å². The number of ether oxygens (including phenoxy) is 1. The van der Waals surface area contributed by atoms with Crippen molar-refractivity contribution in [3.8, 4) is 0 Å². The van der Waals surface area contributed by atoms with Crippen molar-refractivity contribution in [1.82, 2.24) is 20.4 Å². The van der Waals surface area contributed by atoms with Crippen molar-refractivity contribution in [2.45, 2.75) is 32.2 Å². The molecule has 1 unspecified atom stereocenters. The third-order valence-corrected chi connectivity index (χ3v) is 5.36. The van der Waals surface area contributed by atoms with Crippen LogP contribution < -0.4 is 15.8 Å². The lowest BCUT2D eigenvalue weighted by Crippen LogP contribution is -2.38. The molecule has 0 spiro atoms. The molecule has 1 aliphatic rings. The van der Waals surface area contributed by atoms with Crippen LogP contribution in [0.4, 0.5) is 5.95 Å². The summed E-state index contributed by atoms with van der Waals surface area (Å²) >= 11 is 0. The molecule has 0 aliphatic carbocycles. The second-order valence-electron chi connectivity index (χ2n) is 8.07. The number of aromatic amines is 1. The van der Waals surface area contributed by atoms with Gasteiger partial charge in [-0.3, -0.25) is 14.6 Å². The summed E-state index contributed by atoms with van der Waals surface area (Å²) in [7, 11) is 0. The number of morpholine rings is 1. The molecule has 1 amide bonds. The van der Waals surface area contributed by atoms with Gasteiger partial charge in [-0.05, 0) is 11.5 Å². The van der Waals surface area contributed by atoms with Crippen molar-refractivity contribution in [2.24, 2.45) is 0 Å². The van der Waals surface area contributed by atoms with Gasteiger partial charge in [-0.25, -0.2) is 4.98 Å². The first-order valence-corrected chi connectivity index (χ1v) is 10.7. The largest absolute Gasteiger partial charge is 0.378 e. The van der Waals surface area contributed by atoms with E-state index in [1.807, 2.05) is 49.1 Å². The molecule has 0 radical (unpaired) electrons. The van der Waals surface area contributed by atoms with Gasteiger partial charge in [0.25, 0.3) is 11.5 Å². The molecule has 4 rings (SSSR count). The minimum absolute atomic E-state index is 0.155. The van der Waals surface area contributed by atoms with Crippen LogP contribution in [0.2, 0.25) is 0 Å². The Balaban J connectivity index is 1.58. The smallest absolute Gasteiger partial charge is 0.290 e. The van der Waals surface area contributed by atoms with E-state index in [1.54, 1.807) is 6.07 Å². The summed E-state index contributed by atoms with van der Waals surface area (Å²) in [5, 5.41) is 6.98. The van der Waals surface area contributed by atoms with Gasteiger partial charge in [0.05, 0.1) is 30.6 Å². The Hall–Kier alpha value is -3.46. The van der Waals surface area contributed by atoms with Crippen molar-refractivity contribution in [2.75, 3.05) is 31.2 Å². The van der Waals surface area contributed by atoms with Crippen molar-refractivity contribution in [3.05, 3.63) is 75.5 Å². The predicted octanol–water partition coefficient (Wildman–Crippen LogP) is 2.43. The zero-order chi connectivity index (χ0) is 22.5. The molecular weight excluding hydrogens is 410 g/mol. The molecule has 0 bridgehead atoms. The van der Waals surface area contributed by atoms with Crippen LogP contribution >= 0.6 is 0 Å². The Bertz CT molecular complexity index is 1100. The zero-order valence-electron chi connectivity index (χ0n) is 18.2. The average molecular weight is 438 g/mol. The van der Waals surface area contributed by atoms with E-state index in [1.165, 1.54) is 6.07 Å². The molecule has 1 saturated heterocycles. The Labute approximate surface area is 185 Å². The van der Waals surface area contributed by atoms with Gasteiger partial charge in [0.1, 0.15) is 0 Å². The van der Waals surface area contributed by atoms with Crippen LogP contribution in [0, 0.1) is 0 Å². The van der Waals surface area contributed by atoms with E-state index in [-0.39, 0.29) is 23.1 Å². The lowest BCUT2D eigenvalue weighted by Gasteiger charge is -2.27. The van der Waals surface area contributed by atoms with Crippen molar-refractivity contribution >= 4 is 11.9 Å². The molecule has 2 aromatic heterocycles. The number of H-pyrrole nitrogens is 1. The number of aromatic nitrogens is 3. The fourth-order valence-electron chi connectivity index (χ4n) is 3.57. The maximum absolute atomic E-state index is 12.9. The highest BCUT2D eigenvalue weighted by Gasteiger charge is 2.22. The van der Waals surface area contributed by atoms with Gasteiger partial charge in [-0.15, -0.1) is 0 Å². The first-order valence-electron chi connectivity index (χ1n) is 10.7. The monoisotopic (exact) mass is 437 g/mol. The second-order valence-corrected chi connectivity index (χ2v) is 8.07. The van der Waals surface area contributed by atoms with Crippen LogP contribution in [0.1, 0.15) is 53.3 Å². The van der Waals surface area contributed by atoms with Crippen LogP contribution in [-0.2, 0) is 11.2 Å². The molecule has 2 N–H and O–H groups in total. The van der Waals surface area contributed by atoms with E-state index < -0.39 is 6.04 Å². The lowest BCUT2D eigenvalue weighted by atomic mass is 10.0. The Morgan fingerprint density at radius 3 is 2.62 bits per heavy atom. The third-order valence-electron chi connectivity index (χ3n) is 5.36. The molecule has 1 fully saturated rings. The highest BCUT2D eigenvalue weighted by Crippen LogP contribution is 2.20. The van der Waals surface area contributed by atoms with Crippen LogP contribution in [0.5, 0.6) is 0 Å². The maximum atomic E-state index is 12.9. The Morgan fingerprint density at radius 2 is 1.94 bits per heavy atom. The normalized spacial score (nSPS) is 15.0. The van der Waals surface area contributed by atoms with E-state index in [0.29, 0.717) is 44.4 Å². The van der Waals surface area contributed by atoms with Crippen molar-refractivity contribution < 1.29 is 14.1 Å². The van der Waals surface area contributed by atoms with E-state index in [0.717, 1.165) is 11.3 Å². The van der Waals surface area contributed by atoms with Gasteiger partial charge in [-0.2, -0.15) is 0 Å². The second kappa shape index (κ2) is 9.78. The zero-order valence-corrected chi connectivity index (χ0v) is 18.2. The number of carbonyl (C=O) groups excluding carboxylic acids is 1. The van der Waals surface area contributed by atoms with E-state index in [9.17, 15) is 9.59 Å². The number of nitrogens with zero attached hydrogens (tertiary/aromatic N) is 3. The SMILES string of the molecule is CC(C)c1cc(C(=O)NC(Cc2cc(=O)[nH]c(N3CCOCC3)n2)c2ccccc2)on1. The number of anilines is 1. The molecule has 9 heteroatoms. The summed E-state index contributed by atoms with van der Waals surface area (Å²) in [5.41, 5.74) is 1.98. The molecular formula is C23H27N5O4. The fraction of sp³-hybridized carbons (Fsp3) is 0.391. The fourth-order valence-corrected chi connectivity index (χ4v) is 3.57. The van der Waals surface area contributed by atoms with E-state index in [2.05, 4.69) is 20.4 Å². The van der Waals surface area contributed by atoms with E-state index >= 15 is 0 Å². The standard InChI is InChI=1S/C23H27N5O4/c1-15(2)18-14-20(32-27-18)22(30)25-19(16-6-4-3-5-7-16)12-17-13-21(29)26-23(24-17)28-8-10-31-11-9-28/h3-7,13-15,19H,8-12H2,1-2H3,(H,25,30)(H,24,26,29). The highest BCUT2D eigenvalue weighted by molar-refractivity contribution is 5.91. The number of carbonyl (C=O) groups is 1. The number of hydrogen-bond acceptors (Lipinski definition) is 7. The summed E-state index contributed by atoms with van der Waals surface area (Å²) in [6, 6.07) is 12.3. The van der Waals surface area contributed by atoms with Crippen molar-refractivity contribution in [3.63, 3.8) is 0 Å². The molecule has 168 valence electrons. The Morgan fingerprint density at radius 1 is 1.19 bits per heavy atom. The third kappa shape index (κ3) is 5.23. The van der Waals surface area contributed by atoms with Gasteiger partial charge in [0.2, 0.25) is 11.7 Å². The maximum Gasteiger partial charge on any atom is 0.290 e. The van der Waals surface area contributed by atoms with E-state index in [4.69, 9.17) is 9.26 Å².